The first-order chi connectivity index (χ1) is 12.8. The molecular formula is C21H32N4O2. The maximum Gasteiger partial charge on any atom is 0.318 e. The molecule has 0 unspecified atom stereocenters. The Labute approximate surface area is 162 Å². The van der Waals surface area contributed by atoms with Gasteiger partial charge < -0.3 is 19.5 Å². The number of benzene rings is 1. The molecule has 1 N–H and O–H groups in total. The smallest absolute Gasteiger partial charge is 0.318 e. The van der Waals surface area contributed by atoms with Gasteiger partial charge in [0.05, 0.1) is 13.2 Å². The lowest BCUT2D eigenvalue weighted by Gasteiger charge is -2.24. The van der Waals surface area contributed by atoms with Crippen molar-refractivity contribution >= 4 is 6.03 Å². The van der Waals surface area contributed by atoms with E-state index in [0.717, 1.165) is 12.4 Å². The maximum absolute atomic E-state index is 12.5. The molecule has 0 radical (unpaired) electrons. The van der Waals surface area contributed by atoms with Gasteiger partial charge >= 0.3 is 6.03 Å². The number of aryl methyl sites for hydroxylation is 3. The first kappa shape index (κ1) is 21.0. The Kier molecular flexibility index (Phi) is 7.42. The highest BCUT2D eigenvalue weighted by Crippen LogP contribution is 2.18. The molecule has 6 nitrogen and oxygen atoms in total. The monoisotopic (exact) mass is 372 g/mol. The quantitative estimate of drug-likeness (QED) is 0.772. The van der Waals surface area contributed by atoms with E-state index in [1.807, 2.05) is 20.0 Å². The van der Waals surface area contributed by atoms with Gasteiger partial charge in [-0.3, -0.25) is 0 Å². The van der Waals surface area contributed by atoms with Gasteiger partial charge in [-0.25, -0.2) is 9.78 Å². The number of rotatable bonds is 8. The number of urea groups is 1. The number of nitrogens with one attached hydrogen (secondary N) is 1. The zero-order valence-electron chi connectivity index (χ0n) is 17.4. The molecule has 6 heteroatoms. The normalized spacial score (nSPS) is 11.1. The van der Waals surface area contributed by atoms with E-state index in [1.54, 1.807) is 18.2 Å². The zero-order valence-corrected chi connectivity index (χ0v) is 17.4. The largest absolute Gasteiger partial charge is 0.383 e. The second-order valence-corrected chi connectivity index (χ2v) is 7.37. The van der Waals surface area contributed by atoms with Crippen LogP contribution < -0.4 is 5.32 Å². The lowest BCUT2D eigenvalue weighted by atomic mass is 10.00. The van der Waals surface area contributed by atoms with Gasteiger partial charge in [0.25, 0.3) is 0 Å². The van der Waals surface area contributed by atoms with Gasteiger partial charge in [0.15, 0.2) is 0 Å². The molecule has 0 saturated heterocycles. The van der Waals surface area contributed by atoms with Crippen LogP contribution in [0, 0.1) is 20.8 Å². The van der Waals surface area contributed by atoms with Gasteiger partial charge in [-0.2, -0.15) is 0 Å². The summed E-state index contributed by atoms with van der Waals surface area (Å²) in [5.41, 5.74) is 5.13. The summed E-state index contributed by atoms with van der Waals surface area (Å²) >= 11 is 0. The van der Waals surface area contributed by atoms with Gasteiger partial charge in [0, 0.05) is 38.6 Å². The summed E-state index contributed by atoms with van der Waals surface area (Å²) in [5, 5.41) is 2.95. The van der Waals surface area contributed by atoms with Crippen LogP contribution in [-0.2, 0) is 17.8 Å². The molecule has 0 aliphatic heterocycles. The number of methoxy groups -OCH3 is 1. The first-order valence-corrected chi connectivity index (χ1v) is 9.43. The third-order valence-electron chi connectivity index (χ3n) is 4.57. The van der Waals surface area contributed by atoms with E-state index in [4.69, 9.17) is 4.74 Å². The predicted octanol–water partition coefficient (Wildman–Crippen LogP) is 3.42. The Morgan fingerprint density at radius 2 is 1.93 bits per heavy atom. The van der Waals surface area contributed by atoms with Crippen LogP contribution >= 0.6 is 0 Å². The van der Waals surface area contributed by atoms with Crippen molar-refractivity contribution in [2.75, 3.05) is 20.3 Å². The van der Waals surface area contributed by atoms with Crippen LogP contribution in [0.2, 0.25) is 0 Å². The van der Waals surface area contributed by atoms with Crippen LogP contribution in [0.1, 0.15) is 41.9 Å². The molecule has 1 heterocycles. The van der Waals surface area contributed by atoms with E-state index in [2.05, 4.69) is 47.8 Å². The maximum atomic E-state index is 12.5. The molecule has 2 aromatic rings. The lowest BCUT2D eigenvalue weighted by molar-refractivity contribution is 0.143. The van der Waals surface area contributed by atoms with Gasteiger partial charge in [-0.15, -0.1) is 0 Å². The summed E-state index contributed by atoms with van der Waals surface area (Å²) in [4.78, 5) is 18.8. The topological polar surface area (TPSA) is 59.4 Å². The average Bonchev–Trinajstić information content (AvgIpc) is 3.00. The van der Waals surface area contributed by atoms with E-state index in [1.165, 1.54) is 22.3 Å². The minimum atomic E-state index is -0.0979. The second kappa shape index (κ2) is 9.55. The Hall–Kier alpha value is -2.34. The fraction of sp³-hybridized carbons (Fsp3) is 0.524. The summed E-state index contributed by atoms with van der Waals surface area (Å²) in [6, 6.07) is 4.40. The Balaban J connectivity index is 2.20. The fourth-order valence-electron chi connectivity index (χ4n) is 3.23. The highest BCUT2D eigenvalue weighted by molar-refractivity contribution is 5.74. The number of hydrogen-bond acceptors (Lipinski definition) is 3. The third kappa shape index (κ3) is 5.82. The molecule has 0 aliphatic carbocycles. The van der Waals surface area contributed by atoms with E-state index >= 15 is 0 Å². The molecule has 1 aromatic heterocycles. The van der Waals surface area contributed by atoms with E-state index in [9.17, 15) is 4.79 Å². The molecule has 1 aromatic carbocycles. The van der Waals surface area contributed by atoms with Crippen LogP contribution in [0.15, 0.2) is 24.5 Å². The van der Waals surface area contributed by atoms with E-state index in [-0.39, 0.29) is 12.1 Å². The summed E-state index contributed by atoms with van der Waals surface area (Å²) < 4.78 is 7.28. The molecule has 2 rings (SSSR count). The molecule has 0 spiro atoms. The highest BCUT2D eigenvalue weighted by atomic mass is 16.5. The van der Waals surface area contributed by atoms with Crippen LogP contribution in [0.4, 0.5) is 4.79 Å². The lowest BCUT2D eigenvalue weighted by Crippen LogP contribution is -2.44. The van der Waals surface area contributed by atoms with Crippen molar-refractivity contribution in [1.29, 1.82) is 0 Å². The molecular weight excluding hydrogens is 340 g/mol. The summed E-state index contributed by atoms with van der Waals surface area (Å²) in [6.45, 7) is 12.5. The van der Waals surface area contributed by atoms with E-state index < -0.39 is 0 Å². The number of carbonyl (C=O) groups is 1. The van der Waals surface area contributed by atoms with Gasteiger partial charge in [-0.05, 0) is 51.3 Å². The molecule has 2 amide bonds. The molecule has 0 aliphatic rings. The van der Waals surface area contributed by atoms with Crippen molar-refractivity contribution in [3.63, 3.8) is 0 Å². The number of ether oxygens (including phenoxy) is 1. The van der Waals surface area contributed by atoms with Crippen LogP contribution in [0.3, 0.4) is 0 Å². The van der Waals surface area contributed by atoms with Gasteiger partial charge in [0.2, 0.25) is 0 Å². The Bertz CT molecular complexity index is 744. The summed E-state index contributed by atoms with van der Waals surface area (Å²) in [7, 11) is 1.64. The second-order valence-electron chi connectivity index (χ2n) is 7.37. The highest BCUT2D eigenvalue weighted by Gasteiger charge is 2.17. The average molecular weight is 373 g/mol. The number of carbonyl (C=O) groups excluding carboxylic acids is 1. The molecule has 0 saturated carbocycles. The number of nitrogens with zero attached hydrogens (tertiary/aromatic N) is 3. The number of hydrogen-bond donors (Lipinski definition) is 1. The zero-order chi connectivity index (χ0) is 20.0. The van der Waals surface area contributed by atoms with Gasteiger partial charge in [0.1, 0.15) is 5.82 Å². The molecule has 27 heavy (non-hydrogen) atoms. The minimum Gasteiger partial charge on any atom is -0.383 e. The van der Waals surface area contributed by atoms with E-state index in [0.29, 0.717) is 19.7 Å². The first-order valence-electron chi connectivity index (χ1n) is 9.43. The molecule has 0 atom stereocenters. The predicted molar refractivity (Wildman–Crippen MR) is 108 cm³/mol. The van der Waals surface area contributed by atoms with Gasteiger partial charge in [-0.1, -0.05) is 17.7 Å². The van der Waals surface area contributed by atoms with Crippen molar-refractivity contribution in [2.24, 2.45) is 0 Å². The standard InChI is InChI=1S/C21H32N4O2/c1-15(2)23-21(26)25(9-10-27-6)14-20-22-7-8-24(20)13-19-17(4)11-16(3)12-18(19)5/h7-8,11-12,15H,9-10,13-14H2,1-6H3,(H,23,26). The van der Waals surface area contributed by atoms with Crippen molar-refractivity contribution < 1.29 is 9.53 Å². The fourth-order valence-corrected chi connectivity index (χ4v) is 3.23. The van der Waals surface area contributed by atoms with Crippen molar-refractivity contribution in [3.8, 4) is 0 Å². The number of aromatic nitrogens is 2. The van der Waals surface area contributed by atoms with Crippen LogP contribution in [-0.4, -0.2) is 46.8 Å². The molecule has 0 fully saturated rings. The SMILES string of the molecule is COCCN(Cc1nccn1Cc1c(C)cc(C)cc1C)C(=O)NC(C)C. The molecule has 0 bridgehead atoms. The summed E-state index contributed by atoms with van der Waals surface area (Å²) in [6.07, 6.45) is 3.77. The van der Waals surface area contributed by atoms with Crippen LogP contribution in [0.25, 0.3) is 0 Å². The minimum absolute atomic E-state index is 0.0835. The Morgan fingerprint density at radius 3 is 2.52 bits per heavy atom. The molecule has 148 valence electrons. The number of amides is 2. The van der Waals surface area contributed by atoms with Crippen LogP contribution in [0.5, 0.6) is 0 Å². The summed E-state index contributed by atoms with van der Waals surface area (Å²) in [5.74, 6) is 0.865. The van der Waals surface area contributed by atoms with Crippen molar-refractivity contribution in [2.45, 2.75) is 53.8 Å². The van der Waals surface area contributed by atoms with Crippen molar-refractivity contribution in [3.05, 3.63) is 52.6 Å². The number of imidazole rings is 1. The third-order valence-corrected chi connectivity index (χ3v) is 4.57. The van der Waals surface area contributed by atoms with Crippen molar-refractivity contribution in [1.82, 2.24) is 19.8 Å². The Morgan fingerprint density at radius 1 is 1.26 bits per heavy atom.